The van der Waals surface area contributed by atoms with Gasteiger partial charge in [-0.3, -0.25) is 0 Å². The van der Waals surface area contributed by atoms with E-state index in [2.05, 4.69) is 71.8 Å². The van der Waals surface area contributed by atoms with Gasteiger partial charge in [-0.1, -0.05) is 87.3 Å². The Balaban J connectivity index is 1.79. The molecule has 4 atom stereocenters. The summed E-state index contributed by atoms with van der Waals surface area (Å²) in [6.07, 6.45) is 22.5. The minimum atomic E-state index is 0.561. The largest absolute Gasteiger partial charge is 0.105 e. The van der Waals surface area contributed by atoms with E-state index >= 15 is 0 Å². The minimum Gasteiger partial charge on any atom is -0.0998 e. The van der Waals surface area contributed by atoms with Gasteiger partial charge in [0.25, 0.3) is 0 Å². The van der Waals surface area contributed by atoms with Gasteiger partial charge < -0.3 is 0 Å². The molecule has 30 heavy (non-hydrogen) atoms. The van der Waals surface area contributed by atoms with Crippen molar-refractivity contribution in [2.75, 3.05) is 0 Å². The van der Waals surface area contributed by atoms with E-state index in [4.69, 9.17) is 0 Å². The number of rotatable bonds is 9. The molecule has 0 nitrogen and oxygen atoms in total. The van der Waals surface area contributed by atoms with Crippen molar-refractivity contribution in [3.8, 4) is 0 Å². The summed E-state index contributed by atoms with van der Waals surface area (Å²) in [4.78, 5) is 0. The van der Waals surface area contributed by atoms with E-state index in [0.29, 0.717) is 17.8 Å². The lowest BCUT2D eigenvalue weighted by molar-refractivity contribution is 0.273. The van der Waals surface area contributed by atoms with Crippen molar-refractivity contribution < 1.29 is 0 Å². The van der Waals surface area contributed by atoms with Crippen LogP contribution in [0.4, 0.5) is 0 Å². The highest BCUT2D eigenvalue weighted by Crippen LogP contribution is 2.48. The Hall–Kier alpha value is -1.76. The highest BCUT2D eigenvalue weighted by molar-refractivity contribution is 6.11. The van der Waals surface area contributed by atoms with Crippen LogP contribution in [-0.4, -0.2) is 7.85 Å². The number of allylic oxidation sites excluding steroid dienone is 11. The van der Waals surface area contributed by atoms with Gasteiger partial charge in [-0.2, -0.15) is 0 Å². The van der Waals surface area contributed by atoms with Gasteiger partial charge in [-0.15, -0.1) is 0 Å². The van der Waals surface area contributed by atoms with E-state index in [1.165, 1.54) is 60.0 Å². The lowest BCUT2D eigenvalue weighted by atomic mass is 9.63. The molecule has 1 heteroatoms. The molecule has 0 heterocycles. The summed E-state index contributed by atoms with van der Waals surface area (Å²) in [5, 5.41) is 0. The Morgan fingerprint density at radius 3 is 2.60 bits per heavy atom. The van der Waals surface area contributed by atoms with Crippen LogP contribution in [0.2, 0.25) is 5.82 Å². The standard InChI is InChI=1S/C29H41B/c1-6-24-14-16-25(17-15-24)22(4)29-19-26(18-20(2)10-9-11-21(3)30)28-13-8-7-12-27(28)23(29)5/h7-8,14,16,19,21,26-28H,2,4-6,9-13,15,17-18,30H2,1,3H3. The Morgan fingerprint density at radius 2 is 1.93 bits per heavy atom. The molecule has 0 N–H and O–H groups in total. The lowest BCUT2D eigenvalue weighted by Crippen LogP contribution is -2.31. The molecule has 0 saturated heterocycles. The van der Waals surface area contributed by atoms with Crippen LogP contribution < -0.4 is 0 Å². The smallest absolute Gasteiger partial charge is 0.0998 e. The number of hydrogen-bond acceptors (Lipinski definition) is 0. The maximum absolute atomic E-state index is 4.58. The first-order valence-corrected chi connectivity index (χ1v) is 12.2. The number of fused-ring (bicyclic) bond motifs is 1. The molecule has 160 valence electrons. The average Bonchev–Trinajstić information content (AvgIpc) is 2.75. The van der Waals surface area contributed by atoms with Gasteiger partial charge in [-0.25, -0.2) is 0 Å². The molecule has 0 saturated carbocycles. The molecule has 0 fully saturated rings. The zero-order chi connectivity index (χ0) is 21.7. The first-order chi connectivity index (χ1) is 14.4. The summed E-state index contributed by atoms with van der Waals surface area (Å²) in [5.41, 5.74) is 8.26. The van der Waals surface area contributed by atoms with Crippen LogP contribution in [-0.2, 0) is 0 Å². The highest BCUT2D eigenvalue weighted by atomic mass is 14.4. The molecule has 0 aliphatic heterocycles. The maximum atomic E-state index is 4.58. The normalized spacial score (nSPS) is 26.9. The summed E-state index contributed by atoms with van der Waals surface area (Å²) in [7, 11) is 2.31. The van der Waals surface area contributed by atoms with Gasteiger partial charge in [0.2, 0.25) is 0 Å². The van der Waals surface area contributed by atoms with Crippen LogP contribution in [0.25, 0.3) is 0 Å². The maximum Gasteiger partial charge on any atom is 0.105 e. The highest BCUT2D eigenvalue weighted by Gasteiger charge is 2.36. The molecule has 0 amide bonds. The summed E-state index contributed by atoms with van der Waals surface area (Å²) in [6, 6.07) is 0. The third kappa shape index (κ3) is 5.48. The van der Waals surface area contributed by atoms with Crippen molar-refractivity contribution in [2.24, 2.45) is 17.8 Å². The van der Waals surface area contributed by atoms with Crippen molar-refractivity contribution in [2.45, 2.75) is 77.5 Å². The first kappa shape index (κ1) is 22.9. The fraction of sp³-hybridized carbons (Fsp3) is 0.517. The molecule has 0 radical (unpaired) electrons. The molecule has 0 spiro atoms. The summed E-state index contributed by atoms with van der Waals surface area (Å²) in [6.45, 7) is 18.2. The SMILES string of the molecule is BC(C)CCCC(=C)CC1C=C(C(=C)C2=CC=C(CC)CC2)C(=C)C2CC=CCC12. The van der Waals surface area contributed by atoms with E-state index in [-0.39, 0.29) is 0 Å². The summed E-state index contributed by atoms with van der Waals surface area (Å²) >= 11 is 0. The Bertz CT molecular complexity index is 798. The van der Waals surface area contributed by atoms with Gasteiger partial charge in [0.15, 0.2) is 0 Å². The van der Waals surface area contributed by atoms with Crippen LogP contribution in [0.3, 0.4) is 0 Å². The quantitative estimate of drug-likeness (QED) is 0.273. The topological polar surface area (TPSA) is 0 Å². The van der Waals surface area contributed by atoms with E-state index in [1.807, 2.05) is 0 Å². The van der Waals surface area contributed by atoms with Crippen molar-refractivity contribution in [3.63, 3.8) is 0 Å². The van der Waals surface area contributed by atoms with Crippen LogP contribution in [0.5, 0.6) is 0 Å². The zero-order valence-electron chi connectivity index (χ0n) is 19.7. The van der Waals surface area contributed by atoms with E-state index in [1.54, 1.807) is 5.57 Å². The molecule has 0 aromatic rings. The van der Waals surface area contributed by atoms with Crippen LogP contribution in [0.1, 0.15) is 71.6 Å². The van der Waals surface area contributed by atoms with Crippen molar-refractivity contribution in [3.05, 3.63) is 83.6 Å². The minimum absolute atomic E-state index is 0.561. The Labute approximate surface area is 186 Å². The summed E-state index contributed by atoms with van der Waals surface area (Å²) < 4.78 is 0. The first-order valence-electron chi connectivity index (χ1n) is 12.2. The lowest BCUT2D eigenvalue weighted by Gasteiger charge is -2.41. The third-order valence-electron chi connectivity index (χ3n) is 7.44. The zero-order valence-corrected chi connectivity index (χ0v) is 19.7. The molecule has 3 aliphatic rings. The van der Waals surface area contributed by atoms with Gasteiger partial charge in [0, 0.05) is 0 Å². The third-order valence-corrected chi connectivity index (χ3v) is 7.44. The van der Waals surface area contributed by atoms with Crippen molar-refractivity contribution >= 4 is 7.85 Å². The second-order valence-electron chi connectivity index (χ2n) is 10.1. The predicted molar refractivity (Wildman–Crippen MR) is 136 cm³/mol. The molecule has 3 aliphatic carbocycles. The van der Waals surface area contributed by atoms with Crippen LogP contribution in [0.15, 0.2) is 83.6 Å². The van der Waals surface area contributed by atoms with Gasteiger partial charge >= 0.3 is 0 Å². The Kier molecular flexibility index (Phi) is 8.03. The molecular weight excluding hydrogens is 359 g/mol. The Morgan fingerprint density at radius 1 is 1.17 bits per heavy atom. The molecule has 0 bridgehead atoms. The van der Waals surface area contributed by atoms with Gasteiger partial charge in [0.05, 0.1) is 0 Å². The average molecular weight is 400 g/mol. The summed E-state index contributed by atoms with van der Waals surface area (Å²) in [5.74, 6) is 2.58. The van der Waals surface area contributed by atoms with Crippen molar-refractivity contribution in [1.82, 2.24) is 0 Å². The molecule has 3 rings (SSSR count). The van der Waals surface area contributed by atoms with Crippen LogP contribution >= 0.6 is 0 Å². The van der Waals surface area contributed by atoms with E-state index < -0.39 is 0 Å². The second-order valence-corrected chi connectivity index (χ2v) is 10.1. The van der Waals surface area contributed by atoms with E-state index in [9.17, 15) is 0 Å². The van der Waals surface area contributed by atoms with E-state index in [0.717, 1.165) is 31.5 Å². The predicted octanol–water partition coefficient (Wildman–Crippen LogP) is 7.85. The second kappa shape index (κ2) is 10.5. The molecule has 4 unspecified atom stereocenters. The van der Waals surface area contributed by atoms with Crippen molar-refractivity contribution in [1.29, 1.82) is 0 Å². The fourth-order valence-electron chi connectivity index (χ4n) is 5.45. The molecule has 0 aromatic carbocycles. The monoisotopic (exact) mass is 400 g/mol. The van der Waals surface area contributed by atoms with Gasteiger partial charge in [0.1, 0.15) is 7.85 Å². The van der Waals surface area contributed by atoms with Gasteiger partial charge in [-0.05, 0) is 91.4 Å². The number of hydrogen-bond donors (Lipinski definition) is 0. The molecular formula is C29H41B. The van der Waals surface area contributed by atoms with Crippen LogP contribution in [0, 0.1) is 17.8 Å². The fourth-order valence-corrected chi connectivity index (χ4v) is 5.45. The molecule has 0 aromatic heterocycles.